The van der Waals surface area contributed by atoms with E-state index in [2.05, 4.69) is 15.0 Å². The van der Waals surface area contributed by atoms with Gasteiger partial charge in [0.05, 0.1) is 11.0 Å². The Morgan fingerprint density at radius 1 is 1.00 bits per heavy atom. The van der Waals surface area contributed by atoms with Crippen molar-refractivity contribution in [3.63, 3.8) is 0 Å². The Hall–Kier alpha value is -3.81. The van der Waals surface area contributed by atoms with Crippen molar-refractivity contribution in [3.05, 3.63) is 80.0 Å². The molecule has 2 aliphatic rings. The van der Waals surface area contributed by atoms with E-state index in [4.69, 9.17) is 4.74 Å². The number of carbonyl (C=O) groups is 1. The molecule has 0 amide bonds. The number of aromatic nitrogens is 4. The zero-order chi connectivity index (χ0) is 25.7. The molecule has 8 nitrogen and oxygen atoms in total. The van der Waals surface area contributed by atoms with Gasteiger partial charge in [0.2, 0.25) is 0 Å². The molecule has 1 atom stereocenters. The van der Waals surface area contributed by atoms with Gasteiger partial charge in [-0.2, -0.15) is 4.98 Å². The van der Waals surface area contributed by atoms with Crippen LogP contribution >= 0.6 is 0 Å². The number of nitrogens with one attached hydrogen (secondary N) is 1. The SMILES string of the molecule is Cc1cc2nc3c(=O)[nH]c(=O)nc-3n(CCCCCCC(=O)OC(C)Cc3ccccc3)c2cc1C. The van der Waals surface area contributed by atoms with Gasteiger partial charge in [0, 0.05) is 19.4 Å². The van der Waals surface area contributed by atoms with E-state index in [0.717, 1.165) is 47.9 Å². The van der Waals surface area contributed by atoms with Crippen LogP contribution in [0.5, 0.6) is 0 Å². The van der Waals surface area contributed by atoms with E-state index < -0.39 is 11.2 Å². The number of ether oxygens (including phenoxy) is 1. The molecule has 0 aliphatic carbocycles. The van der Waals surface area contributed by atoms with Crippen LogP contribution in [-0.2, 0) is 22.5 Å². The Kier molecular flexibility index (Phi) is 7.93. The molecule has 2 aliphatic heterocycles. The molecule has 0 bridgehead atoms. The number of hydrogen-bond donors (Lipinski definition) is 1. The van der Waals surface area contributed by atoms with E-state index in [1.165, 1.54) is 0 Å². The lowest BCUT2D eigenvalue weighted by Crippen LogP contribution is -2.29. The highest BCUT2D eigenvalue weighted by molar-refractivity contribution is 5.81. The number of H-pyrrole nitrogens is 1. The summed E-state index contributed by atoms with van der Waals surface area (Å²) in [6.07, 6.45) is 4.28. The van der Waals surface area contributed by atoms with Crippen molar-refractivity contribution in [1.82, 2.24) is 19.5 Å². The van der Waals surface area contributed by atoms with Gasteiger partial charge in [-0.3, -0.25) is 14.6 Å². The van der Waals surface area contributed by atoms with Crippen molar-refractivity contribution in [2.45, 2.75) is 71.9 Å². The van der Waals surface area contributed by atoms with Crippen LogP contribution in [0.1, 0.15) is 55.7 Å². The number of esters is 1. The van der Waals surface area contributed by atoms with E-state index in [-0.39, 0.29) is 17.8 Å². The summed E-state index contributed by atoms with van der Waals surface area (Å²) in [5.41, 5.74) is 3.84. The third-order valence-electron chi connectivity index (χ3n) is 6.44. The lowest BCUT2D eigenvalue weighted by molar-refractivity contribution is -0.148. The minimum absolute atomic E-state index is 0.154. The van der Waals surface area contributed by atoms with Crippen LogP contribution in [0.3, 0.4) is 0 Å². The molecule has 0 spiro atoms. The lowest BCUT2D eigenvalue weighted by atomic mass is 10.1. The largest absolute Gasteiger partial charge is 0.462 e. The summed E-state index contributed by atoms with van der Waals surface area (Å²) < 4.78 is 7.47. The summed E-state index contributed by atoms with van der Waals surface area (Å²) in [4.78, 5) is 47.3. The van der Waals surface area contributed by atoms with Gasteiger partial charge in [0.1, 0.15) is 6.10 Å². The fraction of sp³-hybridized carbons (Fsp3) is 0.393. The molecular formula is C28H32N4O4. The van der Waals surface area contributed by atoms with Crippen molar-refractivity contribution < 1.29 is 9.53 Å². The second-order valence-electron chi connectivity index (χ2n) is 9.39. The van der Waals surface area contributed by atoms with Crippen LogP contribution < -0.4 is 11.2 Å². The number of rotatable bonds is 10. The molecule has 2 heterocycles. The summed E-state index contributed by atoms with van der Waals surface area (Å²) in [6.45, 7) is 6.53. The van der Waals surface area contributed by atoms with Crippen molar-refractivity contribution in [1.29, 1.82) is 0 Å². The van der Waals surface area contributed by atoms with Gasteiger partial charge in [0.25, 0.3) is 5.56 Å². The Balaban J connectivity index is 1.34. The fourth-order valence-electron chi connectivity index (χ4n) is 4.44. The number of unbranched alkanes of at least 4 members (excludes halogenated alkanes) is 3. The first-order valence-corrected chi connectivity index (χ1v) is 12.5. The van der Waals surface area contributed by atoms with E-state index in [1.54, 1.807) is 0 Å². The van der Waals surface area contributed by atoms with Crippen LogP contribution in [0.25, 0.3) is 22.6 Å². The highest BCUT2D eigenvalue weighted by Crippen LogP contribution is 2.24. The maximum absolute atomic E-state index is 12.4. The van der Waals surface area contributed by atoms with Crippen molar-refractivity contribution in [3.8, 4) is 11.5 Å². The summed E-state index contributed by atoms with van der Waals surface area (Å²) >= 11 is 0. The van der Waals surface area contributed by atoms with E-state index in [1.807, 2.05) is 67.8 Å². The summed E-state index contributed by atoms with van der Waals surface area (Å²) in [5.74, 6) is 0.131. The van der Waals surface area contributed by atoms with Gasteiger partial charge in [-0.25, -0.2) is 9.78 Å². The molecule has 0 radical (unpaired) electrons. The van der Waals surface area contributed by atoms with Crippen molar-refractivity contribution >= 4 is 17.0 Å². The monoisotopic (exact) mass is 488 g/mol. The average molecular weight is 489 g/mol. The first-order valence-electron chi connectivity index (χ1n) is 12.5. The highest BCUT2D eigenvalue weighted by Gasteiger charge is 2.19. The number of nitrogens with zero attached hydrogens (tertiary/aromatic N) is 3. The molecule has 0 aromatic heterocycles. The van der Waals surface area contributed by atoms with E-state index >= 15 is 0 Å². The topological polar surface area (TPSA) is 107 Å². The number of benzene rings is 2. The highest BCUT2D eigenvalue weighted by atomic mass is 16.5. The number of hydrogen-bond acceptors (Lipinski definition) is 6. The molecule has 1 unspecified atom stereocenters. The Morgan fingerprint density at radius 3 is 2.50 bits per heavy atom. The molecule has 2 aromatic carbocycles. The molecule has 188 valence electrons. The maximum atomic E-state index is 12.4. The fourth-order valence-corrected chi connectivity index (χ4v) is 4.44. The minimum atomic E-state index is -0.675. The number of aryl methyl sites for hydroxylation is 3. The Bertz CT molecular complexity index is 1440. The third-order valence-corrected chi connectivity index (χ3v) is 6.44. The number of aromatic amines is 1. The maximum Gasteiger partial charge on any atom is 0.349 e. The zero-order valence-electron chi connectivity index (χ0n) is 21.0. The molecule has 0 saturated heterocycles. The van der Waals surface area contributed by atoms with Crippen LogP contribution in [0.15, 0.2) is 52.1 Å². The molecule has 36 heavy (non-hydrogen) atoms. The third kappa shape index (κ3) is 6.05. The molecule has 8 heteroatoms. The van der Waals surface area contributed by atoms with Gasteiger partial charge < -0.3 is 9.30 Å². The van der Waals surface area contributed by atoms with Gasteiger partial charge >= 0.3 is 11.7 Å². The summed E-state index contributed by atoms with van der Waals surface area (Å²) in [5, 5.41) is 0. The first kappa shape index (κ1) is 25.3. The number of fused-ring (bicyclic) bond motifs is 2. The van der Waals surface area contributed by atoms with Crippen LogP contribution in [0.2, 0.25) is 0 Å². The minimum Gasteiger partial charge on any atom is -0.462 e. The van der Waals surface area contributed by atoms with Crippen LogP contribution in [0, 0.1) is 13.8 Å². The Morgan fingerprint density at radius 2 is 1.72 bits per heavy atom. The van der Waals surface area contributed by atoms with Crippen molar-refractivity contribution in [2.24, 2.45) is 0 Å². The van der Waals surface area contributed by atoms with E-state index in [0.29, 0.717) is 30.7 Å². The molecule has 4 rings (SSSR count). The van der Waals surface area contributed by atoms with Gasteiger partial charge in [-0.05, 0) is 62.4 Å². The van der Waals surface area contributed by atoms with E-state index in [9.17, 15) is 14.4 Å². The predicted octanol–water partition coefficient (Wildman–Crippen LogP) is 4.33. The standard InChI is InChI=1S/C28H32N4O4/c1-18-15-22-23(16-19(18)2)32(26-25(29-22)27(34)31-28(35)30-26)14-10-5-4-9-13-24(33)36-20(3)17-21-11-7-6-8-12-21/h6-8,11-12,15-16,20H,4-5,9-10,13-14,17H2,1-3H3,(H,31,34,35). The summed E-state index contributed by atoms with van der Waals surface area (Å²) in [7, 11) is 0. The summed E-state index contributed by atoms with van der Waals surface area (Å²) in [6, 6.07) is 14.0. The molecule has 2 aromatic rings. The van der Waals surface area contributed by atoms with Crippen LogP contribution in [-0.4, -0.2) is 31.6 Å². The lowest BCUT2D eigenvalue weighted by Gasteiger charge is -2.17. The second kappa shape index (κ2) is 11.3. The molecule has 0 saturated carbocycles. The van der Waals surface area contributed by atoms with Crippen LogP contribution in [0.4, 0.5) is 0 Å². The second-order valence-corrected chi connectivity index (χ2v) is 9.39. The van der Waals surface area contributed by atoms with Crippen molar-refractivity contribution in [2.75, 3.05) is 0 Å². The average Bonchev–Trinajstić information content (AvgIpc) is 2.83. The van der Waals surface area contributed by atoms with Gasteiger partial charge in [-0.1, -0.05) is 43.2 Å². The number of carbonyl (C=O) groups excluding carboxylic acids is 1. The first-order chi connectivity index (χ1) is 17.3. The predicted molar refractivity (Wildman–Crippen MR) is 139 cm³/mol. The zero-order valence-corrected chi connectivity index (χ0v) is 21.0. The van der Waals surface area contributed by atoms with Gasteiger partial charge in [0.15, 0.2) is 11.5 Å². The molecule has 1 N–H and O–H groups in total. The quantitative estimate of drug-likeness (QED) is 0.202. The molecular weight excluding hydrogens is 456 g/mol. The normalized spacial score (nSPS) is 12.2. The van der Waals surface area contributed by atoms with Gasteiger partial charge in [-0.15, -0.1) is 0 Å². The Labute approximate surface area is 209 Å². The molecule has 0 fully saturated rings. The smallest absolute Gasteiger partial charge is 0.349 e.